The van der Waals surface area contributed by atoms with Crippen molar-refractivity contribution in [2.45, 2.75) is 13.0 Å². The van der Waals surface area contributed by atoms with Crippen LogP contribution < -0.4 is 5.32 Å². The summed E-state index contributed by atoms with van der Waals surface area (Å²) >= 11 is 1.54. The van der Waals surface area contributed by atoms with Crippen molar-refractivity contribution in [3.63, 3.8) is 0 Å². The van der Waals surface area contributed by atoms with E-state index in [1.54, 1.807) is 17.9 Å². The molecule has 2 N–H and O–H groups in total. The minimum Gasteiger partial charge on any atom is -0.387 e. The van der Waals surface area contributed by atoms with Gasteiger partial charge in [-0.25, -0.2) is 0 Å². The van der Waals surface area contributed by atoms with Crippen LogP contribution in [0.5, 0.6) is 0 Å². The van der Waals surface area contributed by atoms with Crippen molar-refractivity contribution in [3.05, 3.63) is 64.7 Å². The number of aromatic nitrogens is 2. The largest absolute Gasteiger partial charge is 0.387 e. The molecule has 3 aromatic rings. The molecule has 0 fully saturated rings. The first-order valence-electron chi connectivity index (χ1n) is 7.65. The number of aliphatic hydroxyl groups is 1. The summed E-state index contributed by atoms with van der Waals surface area (Å²) in [7, 11) is 1.79. The van der Waals surface area contributed by atoms with Crippen molar-refractivity contribution >= 4 is 17.2 Å². The van der Waals surface area contributed by atoms with E-state index in [-0.39, 0.29) is 12.5 Å². The third kappa shape index (κ3) is 3.55. The summed E-state index contributed by atoms with van der Waals surface area (Å²) in [6.07, 6.45) is 0.958. The molecule has 0 aliphatic heterocycles. The molecular formula is C18H19N3O2S. The highest BCUT2D eigenvalue weighted by molar-refractivity contribution is 7.13. The van der Waals surface area contributed by atoms with Crippen LogP contribution in [0.1, 0.15) is 27.6 Å². The second kappa shape index (κ2) is 6.98. The maximum Gasteiger partial charge on any atom is 0.255 e. The SMILES string of the molecule is Cc1ccc(C(O)CNC(=O)c2cn(C)nc2-c2cccs2)cc1. The second-order valence-corrected chi connectivity index (χ2v) is 6.63. The van der Waals surface area contributed by atoms with Crippen molar-refractivity contribution in [1.29, 1.82) is 0 Å². The zero-order chi connectivity index (χ0) is 17.1. The molecule has 124 valence electrons. The lowest BCUT2D eigenvalue weighted by molar-refractivity contribution is 0.0917. The number of carbonyl (C=O) groups excluding carboxylic acids is 1. The number of aliphatic hydroxyl groups excluding tert-OH is 1. The number of nitrogens with one attached hydrogen (secondary N) is 1. The summed E-state index contributed by atoms with van der Waals surface area (Å²) in [6.45, 7) is 2.15. The maximum absolute atomic E-state index is 12.5. The fraction of sp³-hybridized carbons (Fsp3) is 0.222. The molecule has 0 saturated heterocycles. The Hall–Kier alpha value is -2.44. The van der Waals surface area contributed by atoms with Gasteiger partial charge in [0.25, 0.3) is 5.91 Å². The lowest BCUT2D eigenvalue weighted by Crippen LogP contribution is -2.28. The van der Waals surface area contributed by atoms with Gasteiger partial charge in [-0.15, -0.1) is 11.3 Å². The molecule has 5 nitrogen and oxygen atoms in total. The van der Waals surface area contributed by atoms with E-state index in [0.717, 1.165) is 16.0 Å². The minimum absolute atomic E-state index is 0.153. The smallest absolute Gasteiger partial charge is 0.255 e. The van der Waals surface area contributed by atoms with Crippen molar-refractivity contribution in [3.8, 4) is 10.6 Å². The summed E-state index contributed by atoms with van der Waals surface area (Å²) in [5.41, 5.74) is 3.09. The van der Waals surface area contributed by atoms with Gasteiger partial charge in [-0.2, -0.15) is 5.10 Å². The number of carbonyl (C=O) groups is 1. The van der Waals surface area contributed by atoms with Crippen LogP contribution in [0.3, 0.4) is 0 Å². The van der Waals surface area contributed by atoms with E-state index in [4.69, 9.17) is 0 Å². The van der Waals surface area contributed by atoms with Gasteiger partial charge < -0.3 is 10.4 Å². The Labute approximate surface area is 144 Å². The predicted octanol–water partition coefficient (Wildman–Crippen LogP) is 2.92. The Morgan fingerprint density at radius 3 is 2.75 bits per heavy atom. The van der Waals surface area contributed by atoms with Crippen molar-refractivity contribution in [1.82, 2.24) is 15.1 Å². The Balaban J connectivity index is 1.70. The van der Waals surface area contributed by atoms with Gasteiger partial charge in [0.15, 0.2) is 0 Å². The highest BCUT2D eigenvalue weighted by Crippen LogP contribution is 2.26. The van der Waals surface area contributed by atoms with Gasteiger partial charge in [-0.3, -0.25) is 9.48 Å². The normalized spacial score (nSPS) is 12.1. The summed E-state index contributed by atoms with van der Waals surface area (Å²) in [6, 6.07) is 11.5. The lowest BCUT2D eigenvalue weighted by Gasteiger charge is -2.12. The van der Waals surface area contributed by atoms with E-state index >= 15 is 0 Å². The van der Waals surface area contributed by atoms with Gasteiger partial charge in [-0.1, -0.05) is 35.9 Å². The zero-order valence-corrected chi connectivity index (χ0v) is 14.4. The van der Waals surface area contributed by atoms with E-state index in [0.29, 0.717) is 11.3 Å². The number of hydrogen-bond acceptors (Lipinski definition) is 4. The molecule has 0 aliphatic rings. The van der Waals surface area contributed by atoms with Crippen LogP contribution in [0.25, 0.3) is 10.6 Å². The number of rotatable bonds is 5. The van der Waals surface area contributed by atoms with Crippen LogP contribution in [-0.2, 0) is 7.05 Å². The van der Waals surface area contributed by atoms with Gasteiger partial charge in [-0.05, 0) is 23.9 Å². The molecule has 1 amide bonds. The van der Waals surface area contributed by atoms with E-state index in [2.05, 4.69) is 10.4 Å². The Morgan fingerprint density at radius 2 is 2.08 bits per heavy atom. The van der Waals surface area contributed by atoms with Gasteiger partial charge in [0.2, 0.25) is 0 Å². The first-order chi connectivity index (χ1) is 11.5. The molecular weight excluding hydrogens is 322 g/mol. The second-order valence-electron chi connectivity index (χ2n) is 5.68. The summed E-state index contributed by atoms with van der Waals surface area (Å²) in [5.74, 6) is -0.238. The molecule has 0 bridgehead atoms. The topological polar surface area (TPSA) is 67.2 Å². The van der Waals surface area contributed by atoms with Gasteiger partial charge in [0, 0.05) is 19.8 Å². The minimum atomic E-state index is -0.739. The average molecular weight is 341 g/mol. The van der Waals surface area contributed by atoms with Crippen LogP contribution in [0, 0.1) is 6.92 Å². The molecule has 6 heteroatoms. The van der Waals surface area contributed by atoms with E-state index in [1.165, 1.54) is 11.3 Å². The quantitative estimate of drug-likeness (QED) is 0.750. The first-order valence-corrected chi connectivity index (χ1v) is 8.53. The number of thiophene rings is 1. The van der Waals surface area contributed by atoms with Crippen LogP contribution >= 0.6 is 11.3 Å². The third-order valence-electron chi connectivity index (χ3n) is 3.75. The molecule has 2 heterocycles. The van der Waals surface area contributed by atoms with Crippen LogP contribution in [0.4, 0.5) is 0 Å². The summed E-state index contributed by atoms with van der Waals surface area (Å²) in [4.78, 5) is 13.4. The maximum atomic E-state index is 12.5. The number of nitrogens with zero attached hydrogens (tertiary/aromatic N) is 2. The molecule has 0 radical (unpaired) electrons. The van der Waals surface area contributed by atoms with Gasteiger partial charge >= 0.3 is 0 Å². The molecule has 1 aromatic carbocycles. The molecule has 0 saturated carbocycles. The highest BCUT2D eigenvalue weighted by Gasteiger charge is 2.18. The third-order valence-corrected chi connectivity index (χ3v) is 4.62. The van der Waals surface area contributed by atoms with Crippen molar-refractivity contribution in [2.75, 3.05) is 6.54 Å². The van der Waals surface area contributed by atoms with E-state index in [9.17, 15) is 9.90 Å². The molecule has 3 rings (SSSR count). The Morgan fingerprint density at radius 1 is 1.33 bits per heavy atom. The van der Waals surface area contributed by atoms with E-state index < -0.39 is 6.10 Å². The fourth-order valence-electron chi connectivity index (χ4n) is 2.44. The zero-order valence-electron chi connectivity index (χ0n) is 13.6. The Kier molecular flexibility index (Phi) is 4.78. The summed E-state index contributed by atoms with van der Waals surface area (Å²) < 4.78 is 1.63. The molecule has 0 aliphatic carbocycles. The molecule has 2 aromatic heterocycles. The molecule has 1 atom stereocenters. The number of aryl methyl sites for hydroxylation is 2. The fourth-order valence-corrected chi connectivity index (χ4v) is 3.16. The number of amides is 1. The van der Waals surface area contributed by atoms with Crippen LogP contribution in [0.15, 0.2) is 48.0 Å². The van der Waals surface area contributed by atoms with Crippen molar-refractivity contribution < 1.29 is 9.90 Å². The lowest BCUT2D eigenvalue weighted by atomic mass is 10.1. The van der Waals surface area contributed by atoms with Gasteiger partial charge in [0.05, 0.1) is 16.5 Å². The monoisotopic (exact) mass is 341 g/mol. The predicted molar refractivity (Wildman–Crippen MR) is 95.0 cm³/mol. The standard InChI is InChI=1S/C18H19N3O2S/c1-12-5-7-13(8-6-12)15(22)10-19-18(23)14-11-21(2)20-17(14)16-4-3-9-24-16/h3-9,11,15,22H,10H2,1-2H3,(H,19,23). The van der Waals surface area contributed by atoms with Gasteiger partial charge in [0.1, 0.15) is 5.69 Å². The average Bonchev–Trinajstić information content (AvgIpc) is 3.22. The highest BCUT2D eigenvalue weighted by atomic mass is 32.1. The summed E-state index contributed by atoms with van der Waals surface area (Å²) in [5, 5.41) is 19.3. The van der Waals surface area contributed by atoms with Crippen LogP contribution in [-0.4, -0.2) is 27.3 Å². The van der Waals surface area contributed by atoms with Crippen molar-refractivity contribution in [2.24, 2.45) is 7.05 Å². The van der Waals surface area contributed by atoms with E-state index in [1.807, 2.05) is 48.7 Å². The Bertz CT molecular complexity index is 823. The van der Waals surface area contributed by atoms with Crippen LogP contribution in [0.2, 0.25) is 0 Å². The number of benzene rings is 1. The number of hydrogen-bond donors (Lipinski definition) is 2. The molecule has 1 unspecified atom stereocenters. The molecule has 24 heavy (non-hydrogen) atoms. The molecule has 0 spiro atoms. The first kappa shape index (κ1) is 16.4.